The van der Waals surface area contributed by atoms with Gasteiger partial charge in [-0.3, -0.25) is 4.79 Å². The molecule has 144 valence electrons. The summed E-state index contributed by atoms with van der Waals surface area (Å²) in [6.07, 6.45) is 0. The highest BCUT2D eigenvalue weighted by molar-refractivity contribution is 6.31. The van der Waals surface area contributed by atoms with Crippen LogP contribution in [-0.2, 0) is 6.54 Å². The summed E-state index contributed by atoms with van der Waals surface area (Å²) in [5.74, 6) is 0.846. The second-order valence-corrected chi connectivity index (χ2v) is 6.96. The third kappa shape index (κ3) is 4.51. The first-order valence-corrected chi connectivity index (χ1v) is 9.18. The molecule has 0 bridgehead atoms. The fourth-order valence-electron chi connectivity index (χ4n) is 3.38. The zero-order valence-corrected chi connectivity index (χ0v) is 16.2. The lowest BCUT2D eigenvalue weighted by atomic mass is 10.1. The average molecular weight is 394 g/mol. The molecule has 0 aliphatic carbocycles. The van der Waals surface area contributed by atoms with Crippen LogP contribution in [0.5, 0.6) is 11.5 Å². The predicted octanol–water partition coefficient (Wildman–Crippen LogP) is 2.04. The fraction of sp³-hybridized carbons (Fsp3) is 0.350. The minimum Gasteiger partial charge on any atom is -0.496 e. The van der Waals surface area contributed by atoms with Crippen LogP contribution in [-0.4, -0.2) is 51.2 Å². The first-order valence-electron chi connectivity index (χ1n) is 8.80. The van der Waals surface area contributed by atoms with E-state index in [4.69, 9.17) is 21.1 Å². The van der Waals surface area contributed by atoms with E-state index in [1.807, 2.05) is 0 Å². The van der Waals surface area contributed by atoms with Crippen LogP contribution in [0.1, 0.15) is 15.9 Å². The third-order valence-electron chi connectivity index (χ3n) is 4.83. The van der Waals surface area contributed by atoms with E-state index in [1.165, 1.54) is 24.1 Å². The number of benzene rings is 2. The number of hydrogen-bond donors (Lipinski definition) is 1. The molecular formula is C20H23ClFN2O3+. The summed E-state index contributed by atoms with van der Waals surface area (Å²) in [4.78, 5) is 15.9. The van der Waals surface area contributed by atoms with Crippen LogP contribution in [0.2, 0.25) is 5.02 Å². The van der Waals surface area contributed by atoms with Crippen LogP contribution in [0.15, 0.2) is 36.4 Å². The molecule has 1 saturated heterocycles. The number of carbonyl (C=O) groups excluding carboxylic acids is 1. The SMILES string of the molecule is COc1ccc(F)cc1C[NH+]1CCN(C(=O)c2cc(Cl)ccc2OC)CC1. The van der Waals surface area contributed by atoms with E-state index in [0.29, 0.717) is 41.7 Å². The Bertz CT molecular complexity index is 823. The maximum atomic E-state index is 13.6. The highest BCUT2D eigenvalue weighted by Gasteiger charge is 2.27. The van der Waals surface area contributed by atoms with Gasteiger partial charge in [0, 0.05) is 5.02 Å². The lowest BCUT2D eigenvalue weighted by Gasteiger charge is -2.32. The van der Waals surface area contributed by atoms with Crippen molar-refractivity contribution in [3.05, 3.63) is 58.4 Å². The zero-order chi connectivity index (χ0) is 19.4. The van der Waals surface area contributed by atoms with Gasteiger partial charge in [0.05, 0.1) is 51.5 Å². The Kier molecular flexibility index (Phi) is 6.19. The first kappa shape index (κ1) is 19.5. The molecular weight excluding hydrogens is 371 g/mol. The molecule has 1 fully saturated rings. The Morgan fingerprint density at radius 2 is 1.78 bits per heavy atom. The molecule has 1 aliphatic rings. The van der Waals surface area contributed by atoms with Gasteiger partial charge in [0.2, 0.25) is 0 Å². The van der Waals surface area contributed by atoms with Gasteiger partial charge in [-0.2, -0.15) is 0 Å². The van der Waals surface area contributed by atoms with Gasteiger partial charge in [-0.1, -0.05) is 11.6 Å². The Morgan fingerprint density at radius 3 is 2.44 bits per heavy atom. The summed E-state index contributed by atoms with van der Waals surface area (Å²) >= 11 is 6.04. The summed E-state index contributed by atoms with van der Waals surface area (Å²) in [7, 11) is 3.12. The highest BCUT2D eigenvalue weighted by atomic mass is 35.5. The number of carbonyl (C=O) groups is 1. The van der Waals surface area contributed by atoms with E-state index in [1.54, 1.807) is 36.3 Å². The number of ether oxygens (including phenoxy) is 2. The van der Waals surface area contributed by atoms with Crippen LogP contribution >= 0.6 is 11.6 Å². The number of hydrogen-bond acceptors (Lipinski definition) is 3. The molecule has 27 heavy (non-hydrogen) atoms. The molecule has 0 aromatic heterocycles. The summed E-state index contributed by atoms with van der Waals surface area (Å²) in [5, 5.41) is 0.501. The molecule has 1 N–H and O–H groups in total. The Hall–Kier alpha value is -2.31. The Morgan fingerprint density at radius 1 is 1.11 bits per heavy atom. The molecule has 2 aromatic rings. The van der Waals surface area contributed by atoms with Gasteiger partial charge in [-0.25, -0.2) is 4.39 Å². The third-order valence-corrected chi connectivity index (χ3v) is 5.07. The van der Waals surface area contributed by atoms with Crippen LogP contribution < -0.4 is 14.4 Å². The summed E-state index contributed by atoms with van der Waals surface area (Å²) in [6, 6.07) is 9.60. The topological polar surface area (TPSA) is 43.2 Å². The van der Waals surface area contributed by atoms with Gasteiger partial charge in [0.1, 0.15) is 23.9 Å². The van der Waals surface area contributed by atoms with Crippen molar-refractivity contribution in [3.8, 4) is 11.5 Å². The van der Waals surface area contributed by atoms with Gasteiger partial charge >= 0.3 is 0 Å². The van der Waals surface area contributed by atoms with Crippen molar-refractivity contribution >= 4 is 17.5 Å². The Balaban J connectivity index is 1.65. The van der Waals surface area contributed by atoms with Crippen molar-refractivity contribution in [2.45, 2.75) is 6.54 Å². The van der Waals surface area contributed by atoms with E-state index >= 15 is 0 Å². The van der Waals surface area contributed by atoms with E-state index in [-0.39, 0.29) is 11.7 Å². The fourth-order valence-corrected chi connectivity index (χ4v) is 3.55. The maximum Gasteiger partial charge on any atom is 0.258 e. The van der Waals surface area contributed by atoms with Crippen molar-refractivity contribution in [2.24, 2.45) is 0 Å². The average Bonchev–Trinajstić information content (AvgIpc) is 2.68. The summed E-state index contributed by atoms with van der Waals surface area (Å²) in [5.41, 5.74) is 1.31. The van der Waals surface area contributed by atoms with Gasteiger partial charge in [0.15, 0.2) is 0 Å². The molecule has 3 rings (SSSR count). The van der Waals surface area contributed by atoms with E-state index in [9.17, 15) is 9.18 Å². The molecule has 7 heteroatoms. The predicted molar refractivity (Wildman–Crippen MR) is 101 cm³/mol. The molecule has 1 amide bonds. The lowest BCUT2D eigenvalue weighted by molar-refractivity contribution is -0.917. The number of rotatable bonds is 5. The zero-order valence-electron chi connectivity index (χ0n) is 15.4. The number of amides is 1. The number of halogens is 2. The molecule has 0 spiro atoms. The van der Waals surface area contributed by atoms with Gasteiger partial charge in [0.25, 0.3) is 5.91 Å². The normalized spacial score (nSPS) is 14.9. The standard InChI is InChI=1S/C20H22ClFN2O3/c1-26-18-6-4-16(22)11-14(18)13-23-7-9-24(10-8-23)20(25)17-12-15(21)3-5-19(17)27-2/h3-6,11-12H,7-10,13H2,1-2H3/p+1. The largest absolute Gasteiger partial charge is 0.496 e. The van der Waals surface area contributed by atoms with Crippen LogP contribution in [0.4, 0.5) is 4.39 Å². The van der Waals surface area contributed by atoms with Crippen molar-refractivity contribution in [1.29, 1.82) is 0 Å². The lowest BCUT2D eigenvalue weighted by Crippen LogP contribution is -3.13. The van der Waals surface area contributed by atoms with Crippen LogP contribution in [0, 0.1) is 5.82 Å². The number of piperazine rings is 1. The quantitative estimate of drug-likeness (QED) is 0.845. The summed E-state index contributed by atoms with van der Waals surface area (Å²) < 4.78 is 24.2. The molecule has 5 nitrogen and oxygen atoms in total. The second-order valence-electron chi connectivity index (χ2n) is 6.52. The molecule has 2 aromatic carbocycles. The molecule has 0 radical (unpaired) electrons. The van der Waals surface area contributed by atoms with E-state index in [2.05, 4.69) is 0 Å². The minimum absolute atomic E-state index is 0.0864. The molecule has 0 saturated carbocycles. The van der Waals surface area contributed by atoms with Gasteiger partial charge in [-0.15, -0.1) is 0 Å². The molecule has 1 aliphatic heterocycles. The maximum absolute atomic E-state index is 13.6. The number of nitrogens with zero attached hydrogens (tertiary/aromatic N) is 1. The van der Waals surface area contributed by atoms with E-state index < -0.39 is 0 Å². The molecule has 0 unspecified atom stereocenters. The number of methoxy groups -OCH3 is 2. The monoisotopic (exact) mass is 393 g/mol. The van der Waals surface area contributed by atoms with Crippen molar-refractivity contribution in [1.82, 2.24) is 4.90 Å². The van der Waals surface area contributed by atoms with Crippen LogP contribution in [0.3, 0.4) is 0 Å². The minimum atomic E-state index is -0.271. The number of nitrogens with one attached hydrogen (secondary N) is 1. The van der Waals surface area contributed by atoms with Crippen molar-refractivity contribution in [2.75, 3.05) is 40.4 Å². The van der Waals surface area contributed by atoms with Crippen LogP contribution in [0.25, 0.3) is 0 Å². The first-order chi connectivity index (χ1) is 13.0. The van der Waals surface area contributed by atoms with Crippen molar-refractivity contribution in [3.63, 3.8) is 0 Å². The van der Waals surface area contributed by atoms with Crippen molar-refractivity contribution < 1.29 is 23.6 Å². The van der Waals surface area contributed by atoms with Gasteiger partial charge < -0.3 is 19.3 Å². The highest BCUT2D eigenvalue weighted by Crippen LogP contribution is 2.24. The second kappa shape index (κ2) is 8.59. The Labute approximate surface area is 163 Å². The smallest absolute Gasteiger partial charge is 0.258 e. The van der Waals surface area contributed by atoms with Gasteiger partial charge in [-0.05, 0) is 36.4 Å². The summed E-state index contributed by atoms with van der Waals surface area (Å²) in [6.45, 7) is 3.43. The number of quaternary nitrogens is 1. The van der Waals surface area contributed by atoms with E-state index in [0.717, 1.165) is 18.7 Å². The molecule has 0 atom stereocenters. The molecule has 1 heterocycles.